The summed E-state index contributed by atoms with van der Waals surface area (Å²) in [5.41, 5.74) is 2.89. The van der Waals surface area contributed by atoms with Crippen molar-refractivity contribution < 1.29 is 9.53 Å². The van der Waals surface area contributed by atoms with E-state index in [1.54, 1.807) is 0 Å². The number of halogens is 1. The lowest BCUT2D eigenvalue weighted by Crippen LogP contribution is -2.13. The maximum absolute atomic E-state index is 11.7. The molecule has 2 aromatic rings. The van der Waals surface area contributed by atoms with Crippen molar-refractivity contribution in [3.8, 4) is 0 Å². The van der Waals surface area contributed by atoms with E-state index in [1.165, 1.54) is 5.56 Å². The summed E-state index contributed by atoms with van der Waals surface area (Å²) in [7, 11) is 0. The summed E-state index contributed by atoms with van der Waals surface area (Å²) in [6, 6.07) is 17.4. The minimum atomic E-state index is -0.440. The summed E-state index contributed by atoms with van der Waals surface area (Å²) >= 11 is 3.40. The first-order chi connectivity index (χ1) is 9.78. The first kappa shape index (κ1) is 14.6. The van der Waals surface area contributed by atoms with Gasteiger partial charge >= 0.3 is 6.09 Å². The molecule has 0 fully saturated rings. The predicted molar refractivity (Wildman–Crippen MR) is 84.2 cm³/mol. The van der Waals surface area contributed by atoms with E-state index in [4.69, 9.17) is 4.74 Å². The van der Waals surface area contributed by atoms with E-state index in [0.717, 1.165) is 23.0 Å². The fraction of sp³-hybridized carbons (Fsp3) is 0.188. The number of rotatable bonds is 5. The lowest BCUT2D eigenvalue weighted by Gasteiger charge is -2.08. The number of hydrogen-bond donors (Lipinski definition) is 1. The highest BCUT2D eigenvalue weighted by molar-refractivity contribution is 9.09. The third-order valence-electron chi connectivity index (χ3n) is 2.77. The first-order valence-corrected chi connectivity index (χ1v) is 7.52. The van der Waals surface area contributed by atoms with Crippen molar-refractivity contribution in [2.45, 2.75) is 13.0 Å². The summed E-state index contributed by atoms with van der Waals surface area (Å²) in [5.74, 6) is 0. The predicted octanol–water partition coefficient (Wildman–Crippen LogP) is 4.37. The fourth-order valence-corrected chi connectivity index (χ4v) is 2.25. The van der Waals surface area contributed by atoms with E-state index in [-0.39, 0.29) is 6.61 Å². The molecule has 0 unspecified atom stereocenters. The van der Waals surface area contributed by atoms with Crippen molar-refractivity contribution in [1.82, 2.24) is 0 Å². The van der Waals surface area contributed by atoms with Gasteiger partial charge in [0.2, 0.25) is 0 Å². The molecule has 2 rings (SSSR count). The molecule has 1 amide bonds. The number of benzene rings is 2. The molecule has 0 heterocycles. The number of carbonyl (C=O) groups excluding carboxylic acids is 1. The van der Waals surface area contributed by atoms with Crippen LogP contribution in [0.5, 0.6) is 0 Å². The van der Waals surface area contributed by atoms with Gasteiger partial charge in [-0.05, 0) is 29.7 Å². The molecule has 0 aliphatic carbocycles. The van der Waals surface area contributed by atoms with Gasteiger partial charge in [-0.2, -0.15) is 0 Å². The van der Waals surface area contributed by atoms with Gasteiger partial charge in [0.25, 0.3) is 0 Å². The van der Waals surface area contributed by atoms with E-state index in [9.17, 15) is 4.79 Å². The number of alkyl halides is 1. The van der Waals surface area contributed by atoms with Crippen LogP contribution in [-0.2, 0) is 17.8 Å². The molecule has 0 atom stereocenters. The third-order valence-corrected chi connectivity index (χ3v) is 3.17. The van der Waals surface area contributed by atoms with Crippen LogP contribution in [-0.4, -0.2) is 11.4 Å². The zero-order valence-corrected chi connectivity index (χ0v) is 12.6. The number of amides is 1. The smallest absolute Gasteiger partial charge is 0.411 e. The van der Waals surface area contributed by atoms with Crippen molar-refractivity contribution in [2.24, 2.45) is 0 Å². The Morgan fingerprint density at radius 1 is 1.05 bits per heavy atom. The number of carbonyl (C=O) groups is 1. The Labute approximate surface area is 127 Å². The first-order valence-electron chi connectivity index (χ1n) is 6.40. The van der Waals surface area contributed by atoms with E-state index in [2.05, 4.69) is 21.2 Å². The average molecular weight is 334 g/mol. The van der Waals surface area contributed by atoms with Crippen LogP contribution in [0.4, 0.5) is 10.5 Å². The SMILES string of the molecule is O=C(Nc1cccc(CCBr)c1)OCc1ccccc1. The Kier molecular flexibility index (Phi) is 5.62. The molecule has 0 saturated heterocycles. The van der Waals surface area contributed by atoms with Crippen molar-refractivity contribution >= 4 is 27.7 Å². The summed E-state index contributed by atoms with van der Waals surface area (Å²) in [4.78, 5) is 11.7. The van der Waals surface area contributed by atoms with E-state index in [0.29, 0.717) is 0 Å². The Morgan fingerprint density at radius 3 is 2.55 bits per heavy atom. The van der Waals surface area contributed by atoms with Crippen LogP contribution < -0.4 is 5.32 Å². The molecule has 0 bridgehead atoms. The van der Waals surface area contributed by atoms with Gasteiger partial charge in [0.1, 0.15) is 6.61 Å². The number of aryl methyl sites for hydroxylation is 1. The number of nitrogens with one attached hydrogen (secondary N) is 1. The lowest BCUT2D eigenvalue weighted by atomic mass is 10.1. The molecule has 0 saturated carbocycles. The van der Waals surface area contributed by atoms with E-state index >= 15 is 0 Å². The second kappa shape index (κ2) is 7.70. The molecule has 1 N–H and O–H groups in total. The van der Waals surface area contributed by atoms with Crippen molar-refractivity contribution in [2.75, 3.05) is 10.6 Å². The molecule has 2 aromatic carbocycles. The Morgan fingerprint density at radius 2 is 1.80 bits per heavy atom. The number of ether oxygens (including phenoxy) is 1. The van der Waals surface area contributed by atoms with E-state index < -0.39 is 6.09 Å². The maximum Gasteiger partial charge on any atom is 0.411 e. The molecule has 0 aliphatic rings. The molecule has 0 aromatic heterocycles. The van der Waals surface area contributed by atoms with Crippen LogP contribution in [0.15, 0.2) is 54.6 Å². The summed E-state index contributed by atoms with van der Waals surface area (Å²) in [6.07, 6.45) is 0.485. The zero-order valence-electron chi connectivity index (χ0n) is 11.0. The highest BCUT2D eigenvalue weighted by Crippen LogP contribution is 2.12. The highest BCUT2D eigenvalue weighted by Gasteiger charge is 2.04. The normalized spacial score (nSPS) is 10.1. The van der Waals surface area contributed by atoms with Crippen LogP contribution in [0.3, 0.4) is 0 Å². The van der Waals surface area contributed by atoms with Gasteiger partial charge in [-0.1, -0.05) is 58.4 Å². The van der Waals surface area contributed by atoms with Gasteiger partial charge < -0.3 is 4.74 Å². The van der Waals surface area contributed by atoms with Gasteiger partial charge in [0, 0.05) is 11.0 Å². The second-order valence-electron chi connectivity index (χ2n) is 4.33. The van der Waals surface area contributed by atoms with Crippen molar-refractivity contribution in [3.05, 3.63) is 65.7 Å². The summed E-state index contributed by atoms with van der Waals surface area (Å²) in [5, 5.41) is 3.63. The standard InChI is InChI=1S/C16H16BrNO2/c17-10-9-13-7-4-8-15(11-13)18-16(19)20-12-14-5-2-1-3-6-14/h1-8,11H,9-10,12H2,(H,18,19). The quantitative estimate of drug-likeness (QED) is 0.825. The zero-order chi connectivity index (χ0) is 14.2. The van der Waals surface area contributed by atoms with Gasteiger partial charge in [0.05, 0.1) is 0 Å². The summed E-state index contributed by atoms with van der Waals surface area (Å²) in [6.45, 7) is 0.272. The van der Waals surface area contributed by atoms with Gasteiger partial charge in [0.15, 0.2) is 0 Å². The average Bonchev–Trinajstić information content (AvgIpc) is 2.47. The lowest BCUT2D eigenvalue weighted by molar-refractivity contribution is 0.155. The Balaban J connectivity index is 1.86. The van der Waals surface area contributed by atoms with E-state index in [1.807, 2.05) is 54.6 Å². The minimum Gasteiger partial charge on any atom is -0.444 e. The van der Waals surface area contributed by atoms with Gasteiger partial charge in [-0.3, -0.25) is 5.32 Å². The molecule has 20 heavy (non-hydrogen) atoms. The molecule has 0 spiro atoms. The van der Waals surface area contributed by atoms with Gasteiger partial charge in [-0.25, -0.2) is 4.79 Å². The van der Waals surface area contributed by atoms with Crippen LogP contribution in [0.2, 0.25) is 0 Å². The largest absolute Gasteiger partial charge is 0.444 e. The second-order valence-corrected chi connectivity index (χ2v) is 5.12. The van der Waals surface area contributed by atoms with Crippen molar-refractivity contribution in [3.63, 3.8) is 0 Å². The Hall–Kier alpha value is -1.81. The fourth-order valence-electron chi connectivity index (χ4n) is 1.79. The topological polar surface area (TPSA) is 38.3 Å². The highest BCUT2D eigenvalue weighted by atomic mass is 79.9. The third kappa shape index (κ3) is 4.70. The molecule has 0 aliphatic heterocycles. The molecular formula is C16H16BrNO2. The van der Waals surface area contributed by atoms with Crippen LogP contribution >= 0.6 is 15.9 Å². The van der Waals surface area contributed by atoms with Crippen LogP contribution in [0, 0.1) is 0 Å². The monoisotopic (exact) mass is 333 g/mol. The van der Waals surface area contributed by atoms with Crippen LogP contribution in [0.1, 0.15) is 11.1 Å². The Bertz CT molecular complexity index is 557. The molecule has 4 heteroatoms. The molecule has 0 radical (unpaired) electrons. The van der Waals surface area contributed by atoms with Crippen molar-refractivity contribution in [1.29, 1.82) is 0 Å². The minimum absolute atomic E-state index is 0.272. The molecule has 104 valence electrons. The number of anilines is 1. The summed E-state index contributed by atoms with van der Waals surface area (Å²) < 4.78 is 5.17. The molecular weight excluding hydrogens is 318 g/mol. The maximum atomic E-state index is 11.7. The molecule has 3 nitrogen and oxygen atoms in total. The number of hydrogen-bond acceptors (Lipinski definition) is 2. The van der Waals surface area contributed by atoms with Gasteiger partial charge in [-0.15, -0.1) is 0 Å². The van der Waals surface area contributed by atoms with Crippen LogP contribution in [0.25, 0.3) is 0 Å².